The second kappa shape index (κ2) is 6.91. The molecule has 2 aromatic rings. The number of hydrogen-bond acceptors (Lipinski definition) is 10. The maximum Gasteiger partial charge on any atom is 0.322 e. The summed E-state index contributed by atoms with van der Waals surface area (Å²) in [6, 6.07) is 0. The van der Waals surface area contributed by atoms with Crippen LogP contribution in [0.2, 0.25) is 0 Å². The van der Waals surface area contributed by atoms with E-state index in [1.54, 1.807) is 0 Å². The van der Waals surface area contributed by atoms with Crippen molar-refractivity contribution >= 4 is 44.8 Å². The van der Waals surface area contributed by atoms with E-state index in [-0.39, 0.29) is 28.2 Å². The van der Waals surface area contributed by atoms with E-state index < -0.39 is 18.4 Å². The minimum absolute atomic E-state index is 0.118. The average molecular weight is 345 g/mol. The Kier molecular flexibility index (Phi) is 4.95. The van der Waals surface area contributed by atoms with Crippen LogP contribution in [0.4, 0.5) is 10.3 Å². The van der Waals surface area contributed by atoms with Crippen LogP contribution in [-0.4, -0.2) is 43.7 Å². The SMILES string of the molecule is O=C(O)CNC(=O)Cc1sc(NNc2nc(O)cs2)nc1O. The number of aromatic hydroxyl groups is 2. The summed E-state index contributed by atoms with van der Waals surface area (Å²) in [6.45, 7) is -0.487. The summed E-state index contributed by atoms with van der Waals surface area (Å²) in [5.41, 5.74) is 5.34. The molecule has 0 radical (unpaired) electrons. The largest absolute Gasteiger partial charge is 0.493 e. The predicted molar refractivity (Wildman–Crippen MR) is 79.2 cm³/mol. The predicted octanol–water partition coefficient (Wildman–Crippen LogP) is 0.193. The molecule has 2 aromatic heterocycles. The van der Waals surface area contributed by atoms with Gasteiger partial charge in [-0.25, -0.2) is 0 Å². The van der Waals surface area contributed by atoms with Crippen molar-refractivity contribution < 1.29 is 24.9 Å². The molecule has 0 saturated carbocycles. The molecule has 0 saturated heterocycles. The molecule has 118 valence electrons. The minimum Gasteiger partial charge on any atom is -0.493 e. The van der Waals surface area contributed by atoms with Crippen LogP contribution in [0.1, 0.15) is 4.88 Å². The van der Waals surface area contributed by atoms with Crippen LogP contribution in [0.5, 0.6) is 11.8 Å². The van der Waals surface area contributed by atoms with Crippen LogP contribution in [0.25, 0.3) is 0 Å². The van der Waals surface area contributed by atoms with Gasteiger partial charge in [0.2, 0.25) is 27.9 Å². The third-order valence-electron chi connectivity index (χ3n) is 2.20. The maximum atomic E-state index is 11.5. The number of carboxylic acids is 1. The molecule has 0 aliphatic heterocycles. The number of hydrogen-bond donors (Lipinski definition) is 6. The highest BCUT2D eigenvalue weighted by atomic mass is 32.1. The average Bonchev–Trinajstić information content (AvgIpc) is 3.01. The van der Waals surface area contributed by atoms with Gasteiger partial charge in [0.1, 0.15) is 6.54 Å². The molecule has 2 rings (SSSR count). The van der Waals surface area contributed by atoms with Crippen LogP contribution < -0.4 is 16.2 Å². The van der Waals surface area contributed by atoms with Crippen molar-refractivity contribution in [2.75, 3.05) is 17.4 Å². The Hall–Kier alpha value is -2.60. The van der Waals surface area contributed by atoms with Gasteiger partial charge in [0.15, 0.2) is 0 Å². The number of thiazole rings is 2. The molecular weight excluding hydrogens is 334 g/mol. The van der Waals surface area contributed by atoms with Gasteiger partial charge in [0.05, 0.1) is 16.7 Å². The zero-order chi connectivity index (χ0) is 16.1. The van der Waals surface area contributed by atoms with Crippen molar-refractivity contribution in [3.8, 4) is 11.8 Å². The summed E-state index contributed by atoms with van der Waals surface area (Å²) in [6.07, 6.45) is -0.184. The monoisotopic (exact) mass is 345 g/mol. The molecule has 1 amide bonds. The van der Waals surface area contributed by atoms with Gasteiger partial charge in [-0.1, -0.05) is 22.7 Å². The number of anilines is 2. The van der Waals surface area contributed by atoms with Gasteiger partial charge in [0.25, 0.3) is 0 Å². The van der Waals surface area contributed by atoms with Gasteiger partial charge in [-0.3, -0.25) is 20.4 Å². The number of aliphatic carboxylic acids is 1. The summed E-state index contributed by atoms with van der Waals surface area (Å²) in [4.78, 5) is 29.6. The van der Waals surface area contributed by atoms with E-state index in [4.69, 9.17) is 10.2 Å². The van der Waals surface area contributed by atoms with E-state index in [1.165, 1.54) is 5.38 Å². The van der Waals surface area contributed by atoms with Crippen molar-refractivity contribution in [3.05, 3.63) is 10.3 Å². The number of nitrogens with zero attached hydrogens (tertiary/aromatic N) is 2. The molecule has 0 fully saturated rings. The van der Waals surface area contributed by atoms with Crippen LogP contribution in [0.15, 0.2) is 5.38 Å². The highest BCUT2D eigenvalue weighted by Crippen LogP contribution is 2.29. The number of rotatable bonds is 7. The zero-order valence-corrected chi connectivity index (χ0v) is 12.5. The minimum atomic E-state index is -1.15. The Labute approximate surface area is 131 Å². The number of carbonyl (C=O) groups excluding carboxylic acids is 1. The normalized spacial score (nSPS) is 10.2. The Morgan fingerprint density at radius 3 is 2.55 bits per heavy atom. The summed E-state index contributed by atoms with van der Waals surface area (Å²) in [5.74, 6) is -2.13. The third kappa shape index (κ3) is 4.46. The first kappa shape index (κ1) is 15.8. The summed E-state index contributed by atoms with van der Waals surface area (Å²) in [5, 5.41) is 31.5. The molecule has 2 heterocycles. The van der Waals surface area contributed by atoms with Crippen LogP contribution >= 0.6 is 22.7 Å². The second-order valence-corrected chi connectivity index (χ2v) is 5.82. The molecule has 0 aromatic carbocycles. The Morgan fingerprint density at radius 2 is 1.91 bits per heavy atom. The van der Waals surface area contributed by atoms with Gasteiger partial charge >= 0.3 is 5.97 Å². The first-order chi connectivity index (χ1) is 10.4. The first-order valence-corrected chi connectivity index (χ1v) is 7.47. The van der Waals surface area contributed by atoms with Crippen molar-refractivity contribution in [2.24, 2.45) is 0 Å². The quantitative estimate of drug-likeness (QED) is 0.385. The molecule has 0 bridgehead atoms. The second-order valence-electron chi connectivity index (χ2n) is 3.87. The van der Waals surface area contributed by atoms with E-state index in [1.807, 2.05) is 0 Å². The van der Waals surface area contributed by atoms with Crippen LogP contribution in [0.3, 0.4) is 0 Å². The zero-order valence-electron chi connectivity index (χ0n) is 10.9. The Morgan fingerprint density at radius 1 is 1.18 bits per heavy atom. The smallest absolute Gasteiger partial charge is 0.322 e. The van der Waals surface area contributed by atoms with Crippen LogP contribution in [0, 0.1) is 0 Å². The molecule has 0 aliphatic rings. The Bertz CT molecular complexity index is 685. The lowest BCUT2D eigenvalue weighted by molar-refractivity contribution is -0.137. The van der Waals surface area contributed by atoms with E-state index in [9.17, 15) is 14.7 Å². The van der Waals surface area contributed by atoms with E-state index in [0.717, 1.165) is 22.7 Å². The van der Waals surface area contributed by atoms with E-state index in [2.05, 4.69) is 26.1 Å². The van der Waals surface area contributed by atoms with E-state index in [0.29, 0.717) is 5.13 Å². The summed E-state index contributed by atoms with van der Waals surface area (Å²) < 4.78 is 0. The number of carboxylic acid groups (broad SMARTS) is 1. The van der Waals surface area contributed by atoms with Gasteiger partial charge in [-0.05, 0) is 0 Å². The van der Waals surface area contributed by atoms with Gasteiger partial charge < -0.3 is 20.6 Å². The molecule has 10 nitrogen and oxygen atoms in total. The van der Waals surface area contributed by atoms with Gasteiger partial charge in [-0.2, -0.15) is 9.97 Å². The standard InChI is InChI=1S/C10H11N5O5S2/c16-5(11-2-7(18)19)1-4-8(20)13-10(22-4)15-14-9-12-6(17)3-21-9/h3,17,20H,1-2H2,(H,11,16)(H,12,14)(H,13,15)(H,18,19). The molecule has 12 heteroatoms. The fraction of sp³-hybridized carbons (Fsp3) is 0.200. The number of aromatic nitrogens is 2. The molecule has 0 aliphatic carbocycles. The van der Waals surface area contributed by atoms with Crippen molar-refractivity contribution in [2.45, 2.75) is 6.42 Å². The topological polar surface area (TPSA) is 157 Å². The van der Waals surface area contributed by atoms with Gasteiger partial charge in [0, 0.05) is 0 Å². The van der Waals surface area contributed by atoms with Crippen molar-refractivity contribution in [3.63, 3.8) is 0 Å². The lowest BCUT2D eigenvalue weighted by Gasteiger charge is -2.01. The highest BCUT2D eigenvalue weighted by Gasteiger charge is 2.14. The summed E-state index contributed by atoms with van der Waals surface area (Å²) >= 11 is 2.18. The number of amides is 1. The van der Waals surface area contributed by atoms with Crippen molar-refractivity contribution in [1.29, 1.82) is 0 Å². The molecule has 6 N–H and O–H groups in total. The lowest BCUT2D eigenvalue weighted by atomic mass is 10.3. The molecule has 22 heavy (non-hydrogen) atoms. The fourth-order valence-electron chi connectivity index (χ4n) is 1.32. The lowest BCUT2D eigenvalue weighted by Crippen LogP contribution is -2.30. The van der Waals surface area contributed by atoms with E-state index >= 15 is 0 Å². The highest BCUT2D eigenvalue weighted by molar-refractivity contribution is 7.16. The molecule has 0 atom stereocenters. The molecule has 0 spiro atoms. The molecular formula is C10H11N5O5S2. The number of nitrogens with one attached hydrogen (secondary N) is 3. The summed E-state index contributed by atoms with van der Waals surface area (Å²) in [7, 11) is 0. The number of hydrazine groups is 1. The van der Waals surface area contributed by atoms with Crippen LogP contribution in [-0.2, 0) is 16.0 Å². The Balaban J connectivity index is 1.90. The fourth-order valence-corrected chi connectivity index (χ4v) is 2.66. The first-order valence-electron chi connectivity index (χ1n) is 5.77. The van der Waals surface area contributed by atoms with Gasteiger partial charge in [-0.15, -0.1) is 0 Å². The maximum absolute atomic E-state index is 11.5. The van der Waals surface area contributed by atoms with Crippen molar-refractivity contribution in [1.82, 2.24) is 15.3 Å². The third-order valence-corrected chi connectivity index (χ3v) is 3.91. The molecule has 0 unspecified atom stereocenters. The number of carbonyl (C=O) groups is 2.